The van der Waals surface area contributed by atoms with Gasteiger partial charge in [-0.1, -0.05) is 29.8 Å². The van der Waals surface area contributed by atoms with Crippen molar-refractivity contribution >= 4 is 40.7 Å². The Morgan fingerprint density at radius 3 is 2.48 bits per heavy atom. The van der Waals surface area contributed by atoms with Crippen LogP contribution in [0.5, 0.6) is 5.75 Å². The molecule has 4 rings (SSSR count). The second kappa shape index (κ2) is 10.5. The van der Waals surface area contributed by atoms with E-state index in [9.17, 15) is 14.4 Å². The molecule has 0 saturated carbocycles. The lowest BCUT2D eigenvalue weighted by atomic mass is 10.1. The third-order valence-corrected chi connectivity index (χ3v) is 6.39. The Kier molecular flexibility index (Phi) is 7.26. The van der Waals surface area contributed by atoms with Crippen molar-refractivity contribution in [2.75, 3.05) is 6.54 Å². The number of benzene rings is 2. The molecule has 1 saturated heterocycles. The molecule has 0 radical (unpaired) electrons. The molecule has 1 atom stereocenters. The largest absolute Gasteiger partial charge is 0.489 e. The third-order valence-electron chi connectivity index (χ3n) is 5.28. The quantitative estimate of drug-likeness (QED) is 0.518. The number of thiophene rings is 1. The molecule has 1 aliphatic heterocycles. The first-order valence-corrected chi connectivity index (χ1v) is 11.7. The highest BCUT2D eigenvalue weighted by molar-refractivity contribution is 7.12. The van der Waals surface area contributed by atoms with Crippen LogP contribution in [0.4, 0.5) is 0 Å². The minimum Gasteiger partial charge on any atom is -0.489 e. The average Bonchev–Trinajstić information content (AvgIpc) is 3.54. The fourth-order valence-electron chi connectivity index (χ4n) is 3.55. The molecule has 1 aliphatic rings. The van der Waals surface area contributed by atoms with Crippen LogP contribution >= 0.6 is 22.9 Å². The highest BCUT2D eigenvalue weighted by Gasteiger charge is 2.35. The van der Waals surface area contributed by atoms with Crippen molar-refractivity contribution in [2.45, 2.75) is 25.5 Å². The molecule has 2 N–H and O–H groups in total. The van der Waals surface area contributed by atoms with E-state index >= 15 is 0 Å². The van der Waals surface area contributed by atoms with Crippen LogP contribution in [0.3, 0.4) is 0 Å². The van der Waals surface area contributed by atoms with Crippen LogP contribution in [0.25, 0.3) is 0 Å². The van der Waals surface area contributed by atoms with E-state index in [1.165, 1.54) is 11.3 Å². The van der Waals surface area contributed by atoms with Crippen molar-refractivity contribution in [1.29, 1.82) is 0 Å². The number of nitrogens with one attached hydrogen (secondary N) is 2. The number of hydrogen-bond acceptors (Lipinski definition) is 5. The second-order valence-corrected chi connectivity index (χ2v) is 8.90. The van der Waals surface area contributed by atoms with Crippen LogP contribution < -0.4 is 15.6 Å². The van der Waals surface area contributed by atoms with Gasteiger partial charge in [0.1, 0.15) is 18.4 Å². The first-order chi connectivity index (χ1) is 16.0. The van der Waals surface area contributed by atoms with E-state index in [2.05, 4.69) is 10.9 Å². The lowest BCUT2D eigenvalue weighted by Crippen LogP contribution is -2.51. The summed E-state index contributed by atoms with van der Waals surface area (Å²) in [6.07, 6.45) is 1.30. The van der Waals surface area contributed by atoms with Gasteiger partial charge >= 0.3 is 0 Å². The number of hydrogen-bond donors (Lipinski definition) is 2. The molecule has 0 unspecified atom stereocenters. The number of likely N-dealkylation sites (tertiary alicyclic amines) is 1. The van der Waals surface area contributed by atoms with Gasteiger partial charge in [0, 0.05) is 17.1 Å². The Bertz CT molecular complexity index is 1120. The summed E-state index contributed by atoms with van der Waals surface area (Å²) in [7, 11) is 0. The molecule has 0 aliphatic carbocycles. The molecule has 0 spiro atoms. The van der Waals surface area contributed by atoms with Gasteiger partial charge in [0.25, 0.3) is 17.7 Å². The molecule has 3 aromatic rings. The molecule has 2 aromatic carbocycles. The standard InChI is InChI=1S/C24H22ClN3O4S/c25-18-9-11-19(12-10-18)32-15-16-5-7-17(8-6-16)22(29)26-27-23(30)20-3-1-13-28(20)24(31)21-4-2-14-33-21/h2,4-12,14,20H,1,3,13,15H2,(H,26,29)(H,27,30)/t20-/m0/s1. The van der Waals surface area contributed by atoms with E-state index in [4.69, 9.17) is 16.3 Å². The number of carbonyl (C=O) groups excluding carboxylic acids is 3. The summed E-state index contributed by atoms with van der Waals surface area (Å²) in [4.78, 5) is 39.8. The predicted molar refractivity (Wildman–Crippen MR) is 126 cm³/mol. The van der Waals surface area contributed by atoms with E-state index < -0.39 is 17.9 Å². The minimum atomic E-state index is -0.604. The minimum absolute atomic E-state index is 0.162. The monoisotopic (exact) mass is 483 g/mol. The predicted octanol–water partition coefficient (Wildman–Crippen LogP) is 4.05. The summed E-state index contributed by atoms with van der Waals surface area (Å²) in [5.74, 6) is -0.311. The van der Waals surface area contributed by atoms with Gasteiger partial charge in [0.2, 0.25) is 0 Å². The Morgan fingerprint density at radius 2 is 1.79 bits per heavy atom. The summed E-state index contributed by atoms with van der Waals surface area (Å²) in [6, 6.07) is 16.9. The molecule has 170 valence electrons. The third kappa shape index (κ3) is 5.71. The van der Waals surface area contributed by atoms with Crippen molar-refractivity contribution < 1.29 is 19.1 Å². The molecule has 7 nitrogen and oxygen atoms in total. The first kappa shape index (κ1) is 22.8. The summed E-state index contributed by atoms with van der Waals surface area (Å²) in [5.41, 5.74) is 6.17. The molecular weight excluding hydrogens is 462 g/mol. The molecule has 2 heterocycles. The van der Waals surface area contributed by atoms with Crippen LogP contribution in [-0.2, 0) is 11.4 Å². The fraction of sp³-hybridized carbons (Fsp3) is 0.208. The van der Waals surface area contributed by atoms with Crippen LogP contribution in [0.15, 0.2) is 66.0 Å². The Hall–Kier alpha value is -3.36. The zero-order valence-electron chi connectivity index (χ0n) is 17.6. The van der Waals surface area contributed by atoms with Crippen LogP contribution in [0, 0.1) is 0 Å². The van der Waals surface area contributed by atoms with Gasteiger partial charge < -0.3 is 9.64 Å². The maximum Gasteiger partial charge on any atom is 0.269 e. The average molecular weight is 484 g/mol. The number of hydrazine groups is 1. The van der Waals surface area contributed by atoms with Crippen molar-refractivity contribution in [3.63, 3.8) is 0 Å². The number of amides is 3. The first-order valence-electron chi connectivity index (χ1n) is 10.4. The molecule has 3 amide bonds. The zero-order chi connectivity index (χ0) is 23.2. The van der Waals surface area contributed by atoms with Crippen molar-refractivity contribution in [2.24, 2.45) is 0 Å². The topological polar surface area (TPSA) is 87.7 Å². The van der Waals surface area contributed by atoms with Gasteiger partial charge in [-0.25, -0.2) is 0 Å². The van der Waals surface area contributed by atoms with Crippen molar-refractivity contribution in [3.05, 3.63) is 87.1 Å². The lowest BCUT2D eigenvalue weighted by molar-refractivity contribution is -0.125. The number of rotatable bonds is 6. The summed E-state index contributed by atoms with van der Waals surface area (Å²) >= 11 is 7.21. The highest BCUT2D eigenvalue weighted by Crippen LogP contribution is 2.22. The van der Waals surface area contributed by atoms with Crippen molar-refractivity contribution in [3.8, 4) is 5.75 Å². The lowest BCUT2D eigenvalue weighted by Gasteiger charge is -2.23. The van der Waals surface area contributed by atoms with Gasteiger partial charge in [-0.2, -0.15) is 0 Å². The van der Waals surface area contributed by atoms with Gasteiger partial charge in [-0.3, -0.25) is 25.2 Å². The number of nitrogens with zero attached hydrogens (tertiary/aromatic N) is 1. The zero-order valence-corrected chi connectivity index (χ0v) is 19.2. The smallest absolute Gasteiger partial charge is 0.269 e. The van der Waals surface area contributed by atoms with Crippen molar-refractivity contribution in [1.82, 2.24) is 15.8 Å². The van der Waals surface area contributed by atoms with Crippen LogP contribution in [-0.4, -0.2) is 35.2 Å². The maximum atomic E-state index is 12.6. The van der Waals surface area contributed by atoms with Crippen LogP contribution in [0.1, 0.15) is 38.4 Å². The van der Waals surface area contributed by atoms with Gasteiger partial charge in [0.15, 0.2) is 0 Å². The SMILES string of the molecule is O=C(NNC(=O)[C@@H]1CCCN1C(=O)c1cccs1)c1ccc(COc2ccc(Cl)cc2)cc1. The molecule has 1 fully saturated rings. The number of halogens is 1. The van der Waals surface area contributed by atoms with Gasteiger partial charge in [0.05, 0.1) is 4.88 Å². The molecular formula is C24H22ClN3O4S. The highest BCUT2D eigenvalue weighted by atomic mass is 35.5. The number of ether oxygens (including phenoxy) is 1. The molecule has 1 aromatic heterocycles. The Labute approximate surface area is 200 Å². The molecule has 0 bridgehead atoms. The maximum absolute atomic E-state index is 12.6. The van der Waals surface area contributed by atoms with E-state index in [0.29, 0.717) is 40.8 Å². The Morgan fingerprint density at radius 1 is 1.03 bits per heavy atom. The summed E-state index contributed by atoms with van der Waals surface area (Å²) in [6.45, 7) is 0.859. The van der Waals surface area contributed by atoms with E-state index in [0.717, 1.165) is 12.0 Å². The van der Waals surface area contributed by atoms with Gasteiger partial charge in [-0.15, -0.1) is 11.3 Å². The van der Waals surface area contributed by atoms with Gasteiger partial charge in [-0.05, 0) is 66.2 Å². The molecule has 33 heavy (non-hydrogen) atoms. The fourth-order valence-corrected chi connectivity index (χ4v) is 4.35. The van der Waals surface area contributed by atoms with E-state index in [1.807, 2.05) is 5.38 Å². The normalized spacial score (nSPS) is 15.2. The Balaban J connectivity index is 1.27. The second-order valence-electron chi connectivity index (χ2n) is 7.52. The van der Waals surface area contributed by atoms with E-state index in [-0.39, 0.29) is 5.91 Å². The molecule has 9 heteroatoms. The van der Waals surface area contributed by atoms with E-state index in [1.54, 1.807) is 65.6 Å². The summed E-state index contributed by atoms with van der Waals surface area (Å²) in [5, 5.41) is 2.47. The summed E-state index contributed by atoms with van der Waals surface area (Å²) < 4.78 is 5.69. The number of carbonyl (C=O) groups is 3. The van der Waals surface area contributed by atoms with Crippen LogP contribution in [0.2, 0.25) is 5.02 Å².